The van der Waals surface area contributed by atoms with E-state index in [1.54, 1.807) is 18.2 Å². The van der Waals surface area contributed by atoms with Crippen molar-refractivity contribution in [3.8, 4) is 0 Å². The summed E-state index contributed by atoms with van der Waals surface area (Å²) >= 11 is 1.47. The van der Waals surface area contributed by atoms with Crippen molar-refractivity contribution < 1.29 is 4.39 Å². The summed E-state index contributed by atoms with van der Waals surface area (Å²) in [6.45, 7) is 0. The molecule has 1 aromatic heterocycles. The molecule has 4 nitrogen and oxygen atoms in total. The van der Waals surface area contributed by atoms with Gasteiger partial charge < -0.3 is 5.43 Å². The van der Waals surface area contributed by atoms with Gasteiger partial charge in [-0.25, -0.2) is 20.2 Å². The Morgan fingerprint density at radius 3 is 2.58 bits per heavy atom. The first-order valence-electron chi connectivity index (χ1n) is 6.03. The number of anilines is 1. The molecule has 3 N–H and O–H groups in total. The minimum absolute atomic E-state index is 0.241. The molecule has 0 bridgehead atoms. The summed E-state index contributed by atoms with van der Waals surface area (Å²) in [4.78, 5) is 9.81. The number of hydrogen-bond acceptors (Lipinski definition) is 5. The van der Waals surface area contributed by atoms with E-state index in [9.17, 15) is 4.39 Å². The summed E-state index contributed by atoms with van der Waals surface area (Å²) in [6, 6.07) is 8.13. The van der Waals surface area contributed by atoms with Gasteiger partial charge in [-0.2, -0.15) is 0 Å². The second-order valence-corrected chi connectivity index (χ2v) is 5.52. The number of nitrogen functional groups attached to an aromatic ring is 1. The Morgan fingerprint density at radius 2 is 1.95 bits per heavy atom. The third-order valence-corrected chi connectivity index (χ3v) is 3.77. The lowest BCUT2D eigenvalue weighted by molar-refractivity contribution is 0.626. The molecule has 0 amide bonds. The van der Waals surface area contributed by atoms with Gasteiger partial charge >= 0.3 is 0 Å². The lowest BCUT2D eigenvalue weighted by Crippen LogP contribution is -2.10. The van der Waals surface area contributed by atoms with E-state index < -0.39 is 0 Å². The van der Waals surface area contributed by atoms with Gasteiger partial charge in [-0.3, -0.25) is 0 Å². The molecule has 0 saturated heterocycles. The zero-order chi connectivity index (χ0) is 13.2. The number of hydrogen-bond donors (Lipinski definition) is 2. The highest BCUT2D eigenvalue weighted by molar-refractivity contribution is 7.99. The minimum atomic E-state index is -0.241. The Morgan fingerprint density at radius 1 is 1.21 bits per heavy atom. The molecule has 1 saturated carbocycles. The summed E-state index contributed by atoms with van der Waals surface area (Å²) in [5.74, 6) is 7.09. The van der Waals surface area contributed by atoms with Gasteiger partial charge in [0.1, 0.15) is 22.5 Å². The highest BCUT2D eigenvalue weighted by atomic mass is 32.2. The van der Waals surface area contributed by atoms with Crippen molar-refractivity contribution in [2.75, 3.05) is 5.43 Å². The first kappa shape index (κ1) is 12.4. The SMILES string of the molecule is NNc1cc(Sc2ccc(F)cc2)nc(C2CC2)n1. The number of rotatable bonds is 4. The van der Waals surface area contributed by atoms with Crippen molar-refractivity contribution in [1.82, 2.24) is 9.97 Å². The zero-order valence-electron chi connectivity index (χ0n) is 10.1. The number of benzene rings is 1. The number of nitrogens with one attached hydrogen (secondary N) is 1. The second kappa shape index (κ2) is 5.14. The van der Waals surface area contributed by atoms with E-state index in [0.29, 0.717) is 11.7 Å². The van der Waals surface area contributed by atoms with E-state index in [1.165, 1.54) is 23.9 Å². The molecule has 1 heterocycles. The largest absolute Gasteiger partial charge is 0.308 e. The maximum Gasteiger partial charge on any atom is 0.144 e. The summed E-state index contributed by atoms with van der Waals surface area (Å²) in [7, 11) is 0. The van der Waals surface area contributed by atoms with Crippen LogP contribution in [0.5, 0.6) is 0 Å². The Kier molecular flexibility index (Phi) is 3.35. The van der Waals surface area contributed by atoms with Crippen LogP contribution in [0.3, 0.4) is 0 Å². The van der Waals surface area contributed by atoms with Gasteiger partial charge in [-0.15, -0.1) is 0 Å². The predicted molar refractivity (Wildman–Crippen MR) is 72.3 cm³/mol. The monoisotopic (exact) mass is 276 g/mol. The highest BCUT2D eigenvalue weighted by Gasteiger charge is 2.27. The molecule has 6 heteroatoms. The van der Waals surface area contributed by atoms with Gasteiger partial charge in [0.15, 0.2) is 0 Å². The number of aromatic nitrogens is 2. The van der Waals surface area contributed by atoms with Crippen LogP contribution >= 0.6 is 11.8 Å². The van der Waals surface area contributed by atoms with Crippen molar-refractivity contribution in [2.45, 2.75) is 28.7 Å². The molecule has 1 aromatic carbocycles. The summed E-state index contributed by atoms with van der Waals surface area (Å²) in [5, 5.41) is 0.816. The maximum atomic E-state index is 12.9. The van der Waals surface area contributed by atoms with Crippen LogP contribution in [0.15, 0.2) is 40.3 Å². The van der Waals surface area contributed by atoms with Crippen molar-refractivity contribution >= 4 is 17.6 Å². The third kappa shape index (κ3) is 3.02. The van der Waals surface area contributed by atoms with Crippen molar-refractivity contribution in [2.24, 2.45) is 5.84 Å². The van der Waals surface area contributed by atoms with Crippen LogP contribution in [0.4, 0.5) is 10.2 Å². The topological polar surface area (TPSA) is 63.8 Å². The van der Waals surface area contributed by atoms with E-state index in [-0.39, 0.29) is 5.82 Å². The average Bonchev–Trinajstić information content (AvgIpc) is 3.25. The zero-order valence-corrected chi connectivity index (χ0v) is 11.0. The van der Waals surface area contributed by atoms with Crippen molar-refractivity contribution in [1.29, 1.82) is 0 Å². The van der Waals surface area contributed by atoms with E-state index in [1.807, 2.05) is 0 Å². The standard InChI is InChI=1S/C13H13FN4S/c14-9-3-5-10(6-4-9)19-12-7-11(18-15)16-13(17-12)8-1-2-8/h3-8H,1-2,15H2,(H,16,17,18). The van der Waals surface area contributed by atoms with Crippen LogP contribution in [0.2, 0.25) is 0 Å². The molecular weight excluding hydrogens is 263 g/mol. The fourth-order valence-electron chi connectivity index (χ4n) is 1.72. The lowest BCUT2D eigenvalue weighted by Gasteiger charge is -2.06. The Hall–Kier alpha value is -1.66. The van der Waals surface area contributed by atoms with Crippen LogP contribution < -0.4 is 11.3 Å². The normalized spacial score (nSPS) is 14.4. The van der Waals surface area contributed by atoms with E-state index >= 15 is 0 Å². The maximum absolute atomic E-state index is 12.9. The molecule has 98 valence electrons. The number of nitrogens with zero attached hydrogens (tertiary/aromatic N) is 2. The number of halogens is 1. The van der Waals surface area contributed by atoms with Gasteiger partial charge in [0, 0.05) is 16.9 Å². The molecule has 1 fully saturated rings. The van der Waals surface area contributed by atoms with Crippen LogP contribution in [0.25, 0.3) is 0 Å². The summed E-state index contributed by atoms with van der Waals surface area (Å²) < 4.78 is 12.9. The molecule has 0 spiro atoms. The Bertz CT molecular complexity index is 584. The smallest absolute Gasteiger partial charge is 0.144 e. The van der Waals surface area contributed by atoms with Gasteiger partial charge in [0.25, 0.3) is 0 Å². The van der Waals surface area contributed by atoms with Gasteiger partial charge in [0.05, 0.1) is 0 Å². The summed E-state index contributed by atoms with van der Waals surface area (Å²) in [6.07, 6.45) is 2.27. The quantitative estimate of drug-likeness (QED) is 0.510. The molecule has 2 aromatic rings. The lowest BCUT2D eigenvalue weighted by atomic mass is 10.4. The molecule has 0 aliphatic heterocycles. The van der Waals surface area contributed by atoms with Crippen LogP contribution in [0, 0.1) is 5.82 Å². The van der Waals surface area contributed by atoms with E-state index in [4.69, 9.17) is 5.84 Å². The van der Waals surface area contributed by atoms with E-state index in [0.717, 1.165) is 28.6 Å². The van der Waals surface area contributed by atoms with Crippen LogP contribution in [-0.4, -0.2) is 9.97 Å². The van der Waals surface area contributed by atoms with Gasteiger partial charge in [-0.1, -0.05) is 11.8 Å². The van der Waals surface area contributed by atoms with Gasteiger partial charge in [-0.05, 0) is 37.1 Å². The average molecular weight is 276 g/mol. The molecule has 3 rings (SSSR count). The van der Waals surface area contributed by atoms with Crippen LogP contribution in [-0.2, 0) is 0 Å². The predicted octanol–water partition coefficient (Wildman–Crippen LogP) is 2.93. The molecule has 1 aliphatic rings. The molecular formula is C13H13FN4S. The van der Waals surface area contributed by atoms with Gasteiger partial charge in [0.2, 0.25) is 0 Å². The molecule has 0 unspecified atom stereocenters. The number of nitrogens with two attached hydrogens (primary N) is 1. The van der Waals surface area contributed by atoms with Crippen molar-refractivity contribution in [3.63, 3.8) is 0 Å². The Balaban J connectivity index is 1.86. The third-order valence-electron chi connectivity index (χ3n) is 2.85. The fraction of sp³-hybridized carbons (Fsp3) is 0.231. The first-order valence-corrected chi connectivity index (χ1v) is 6.85. The minimum Gasteiger partial charge on any atom is -0.308 e. The fourth-order valence-corrected chi connectivity index (χ4v) is 2.54. The van der Waals surface area contributed by atoms with Crippen molar-refractivity contribution in [3.05, 3.63) is 42.0 Å². The molecule has 1 aliphatic carbocycles. The molecule has 0 radical (unpaired) electrons. The van der Waals surface area contributed by atoms with Crippen LogP contribution in [0.1, 0.15) is 24.6 Å². The summed E-state index contributed by atoms with van der Waals surface area (Å²) in [5.41, 5.74) is 2.56. The second-order valence-electron chi connectivity index (χ2n) is 4.42. The number of hydrazine groups is 1. The molecule has 0 atom stereocenters. The first-order chi connectivity index (χ1) is 9.24. The van der Waals surface area contributed by atoms with E-state index in [2.05, 4.69) is 15.4 Å². The highest BCUT2D eigenvalue weighted by Crippen LogP contribution is 2.39. The molecule has 19 heavy (non-hydrogen) atoms. The Labute approximate surface area is 114 Å².